The fourth-order valence-corrected chi connectivity index (χ4v) is 3.88. The van der Waals surface area contributed by atoms with Gasteiger partial charge in [0, 0.05) is 23.3 Å². The predicted molar refractivity (Wildman–Crippen MR) is 85.5 cm³/mol. The molecule has 4 nitrogen and oxygen atoms in total. The van der Waals surface area contributed by atoms with E-state index in [0.29, 0.717) is 23.9 Å². The molecule has 0 amide bonds. The highest BCUT2D eigenvalue weighted by molar-refractivity contribution is 7.89. The summed E-state index contributed by atoms with van der Waals surface area (Å²) in [6.07, 6.45) is 0. The number of thiophene rings is 1. The molecule has 0 saturated carbocycles. The molecule has 0 fully saturated rings. The lowest BCUT2D eigenvalue weighted by Gasteiger charge is -2.29. The first-order valence-corrected chi connectivity index (χ1v) is 9.33. The van der Waals surface area contributed by atoms with Crippen LogP contribution in [0.1, 0.15) is 39.5 Å². The van der Waals surface area contributed by atoms with E-state index in [9.17, 15) is 8.42 Å². The average molecular weight is 319 g/mol. The molecule has 0 bridgehead atoms. The smallest absolute Gasteiger partial charge is 0.241 e. The molecular formula is C14H26N2O2S2. The van der Waals surface area contributed by atoms with E-state index in [0.717, 1.165) is 11.4 Å². The van der Waals surface area contributed by atoms with Crippen molar-refractivity contribution in [3.63, 3.8) is 0 Å². The van der Waals surface area contributed by atoms with Gasteiger partial charge in [-0.05, 0) is 23.9 Å². The first kappa shape index (κ1) is 17.6. The molecule has 0 unspecified atom stereocenters. The molecule has 0 aliphatic heterocycles. The van der Waals surface area contributed by atoms with Crippen LogP contribution < -0.4 is 10.0 Å². The van der Waals surface area contributed by atoms with Crippen molar-refractivity contribution in [3.05, 3.63) is 16.3 Å². The summed E-state index contributed by atoms with van der Waals surface area (Å²) >= 11 is 1.47. The first-order valence-electron chi connectivity index (χ1n) is 6.97. The minimum Gasteiger partial charge on any atom is -0.312 e. The Morgan fingerprint density at radius 1 is 1.35 bits per heavy atom. The Balaban J connectivity index is 2.72. The summed E-state index contributed by atoms with van der Waals surface area (Å²) in [6, 6.07) is 1.75. The first-order chi connectivity index (χ1) is 9.19. The standard InChI is InChI=1S/C14H26N2O2S2/c1-6-15-8-12-7-13(9-19-12)20(17,18)16-10-14(4,5)11(2)3/h7,9,11,15-16H,6,8,10H2,1-5H3. The quantitative estimate of drug-likeness (QED) is 0.775. The molecule has 1 aromatic rings. The van der Waals surface area contributed by atoms with Gasteiger partial charge in [-0.3, -0.25) is 0 Å². The molecule has 2 N–H and O–H groups in total. The fraction of sp³-hybridized carbons (Fsp3) is 0.714. The van der Waals surface area contributed by atoms with E-state index >= 15 is 0 Å². The zero-order valence-corrected chi connectivity index (χ0v) is 14.6. The van der Waals surface area contributed by atoms with Crippen LogP contribution >= 0.6 is 11.3 Å². The normalized spacial score (nSPS) is 13.1. The largest absolute Gasteiger partial charge is 0.312 e. The third-order valence-electron chi connectivity index (χ3n) is 3.77. The maximum atomic E-state index is 12.3. The van der Waals surface area contributed by atoms with Gasteiger partial charge in [0.2, 0.25) is 10.0 Å². The zero-order chi connectivity index (χ0) is 15.4. The van der Waals surface area contributed by atoms with Crippen LogP contribution in [0.5, 0.6) is 0 Å². The second-order valence-electron chi connectivity index (χ2n) is 6.00. The van der Waals surface area contributed by atoms with Crippen molar-refractivity contribution in [2.45, 2.75) is 46.1 Å². The van der Waals surface area contributed by atoms with Crippen LogP contribution in [0.3, 0.4) is 0 Å². The van der Waals surface area contributed by atoms with E-state index in [1.165, 1.54) is 11.3 Å². The Morgan fingerprint density at radius 2 is 2.00 bits per heavy atom. The highest BCUT2D eigenvalue weighted by Crippen LogP contribution is 2.26. The molecule has 1 heterocycles. The number of hydrogen-bond donors (Lipinski definition) is 2. The second-order valence-corrected chi connectivity index (χ2v) is 8.76. The van der Waals surface area contributed by atoms with Crippen molar-refractivity contribution in [3.8, 4) is 0 Å². The lowest BCUT2D eigenvalue weighted by atomic mass is 9.81. The topological polar surface area (TPSA) is 58.2 Å². The third-order valence-corrected chi connectivity index (χ3v) is 6.24. The highest BCUT2D eigenvalue weighted by atomic mass is 32.2. The lowest BCUT2D eigenvalue weighted by Crippen LogP contribution is -2.36. The van der Waals surface area contributed by atoms with E-state index in [-0.39, 0.29) is 5.41 Å². The maximum absolute atomic E-state index is 12.3. The van der Waals surface area contributed by atoms with E-state index in [1.54, 1.807) is 11.4 Å². The van der Waals surface area contributed by atoms with Gasteiger partial charge in [0.25, 0.3) is 0 Å². The summed E-state index contributed by atoms with van der Waals surface area (Å²) in [5.74, 6) is 0.414. The van der Waals surface area contributed by atoms with Gasteiger partial charge >= 0.3 is 0 Å². The van der Waals surface area contributed by atoms with Crippen LogP contribution in [0, 0.1) is 11.3 Å². The van der Waals surface area contributed by atoms with Gasteiger partial charge in [-0.2, -0.15) is 0 Å². The number of hydrogen-bond acceptors (Lipinski definition) is 4. The van der Waals surface area contributed by atoms with E-state index in [2.05, 4.69) is 37.7 Å². The van der Waals surface area contributed by atoms with Gasteiger partial charge < -0.3 is 5.32 Å². The summed E-state index contributed by atoms with van der Waals surface area (Å²) in [6.45, 7) is 12.4. The summed E-state index contributed by atoms with van der Waals surface area (Å²) in [4.78, 5) is 1.41. The molecule has 0 atom stereocenters. The summed E-state index contributed by atoms with van der Waals surface area (Å²) in [5.41, 5.74) is -0.0598. The summed E-state index contributed by atoms with van der Waals surface area (Å²) in [7, 11) is -3.40. The van der Waals surface area contributed by atoms with Crippen LogP contribution in [-0.2, 0) is 16.6 Å². The molecule has 0 aromatic carbocycles. The van der Waals surface area contributed by atoms with Crippen molar-refractivity contribution in [1.82, 2.24) is 10.0 Å². The van der Waals surface area contributed by atoms with E-state index in [1.807, 2.05) is 6.92 Å². The van der Waals surface area contributed by atoms with Crippen LogP contribution in [0.15, 0.2) is 16.3 Å². The zero-order valence-electron chi connectivity index (χ0n) is 13.0. The Morgan fingerprint density at radius 3 is 2.55 bits per heavy atom. The SMILES string of the molecule is CCNCc1cc(S(=O)(=O)NCC(C)(C)C(C)C)cs1. The Hall–Kier alpha value is -0.430. The molecule has 1 rings (SSSR count). The van der Waals surface area contributed by atoms with Crippen molar-refractivity contribution in [2.75, 3.05) is 13.1 Å². The molecule has 116 valence electrons. The van der Waals surface area contributed by atoms with Crippen LogP contribution in [0.4, 0.5) is 0 Å². The van der Waals surface area contributed by atoms with Crippen LogP contribution in [-0.4, -0.2) is 21.5 Å². The van der Waals surface area contributed by atoms with Crippen molar-refractivity contribution in [1.29, 1.82) is 0 Å². The third kappa shape index (κ3) is 4.84. The minimum absolute atomic E-state index is 0.0598. The molecule has 0 radical (unpaired) electrons. The van der Waals surface area contributed by atoms with Gasteiger partial charge in [-0.25, -0.2) is 13.1 Å². The molecule has 20 heavy (non-hydrogen) atoms. The van der Waals surface area contributed by atoms with E-state index in [4.69, 9.17) is 0 Å². The summed E-state index contributed by atoms with van der Waals surface area (Å²) in [5, 5.41) is 4.90. The van der Waals surface area contributed by atoms with Gasteiger partial charge in [-0.15, -0.1) is 11.3 Å². The fourth-order valence-electron chi connectivity index (χ4n) is 1.41. The van der Waals surface area contributed by atoms with Crippen LogP contribution in [0.2, 0.25) is 0 Å². The van der Waals surface area contributed by atoms with Gasteiger partial charge in [-0.1, -0.05) is 34.6 Å². The predicted octanol–water partition coefficient (Wildman–Crippen LogP) is 2.82. The van der Waals surface area contributed by atoms with Gasteiger partial charge in [0.1, 0.15) is 0 Å². The average Bonchev–Trinajstić information content (AvgIpc) is 2.83. The van der Waals surface area contributed by atoms with Gasteiger partial charge in [0.05, 0.1) is 4.90 Å². The van der Waals surface area contributed by atoms with Crippen molar-refractivity contribution in [2.24, 2.45) is 11.3 Å². The van der Waals surface area contributed by atoms with E-state index < -0.39 is 10.0 Å². The molecule has 0 aliphatic carbocycles. The Labute approximate surface area is 127 Å². The molecular weight excluding hydrogens is 292 g/mol. The molecule has 0 saturated heterocycles. The molecule has 0 spiro atoms. The van der Waals surface area contributed by atoms with Gasteiger partial charge in [0.15, 0.2) is 0 Å². The minimum atomic E-state index is -3.40. The number of nitrogens with one attached hydrogen (secondary N) is 2. The maximum Gasteiger partial charge on any atom is 0.241 e. The van der Waals surface area contributed by atoms with Crippen LogP contribution in [0.25, 0.3) is 0 Å². The lowest BCUT2D eigenvalue weighted by molar-refractivity contribution is 0.252. The molecule has 6 heteroatoms. The number of rotatable bonds is 8. The summed E-state index contributed by atoms with van der Waals surface area (Å²) < 4.78 is 27.3. The highest BCUT2D eigenvalue weighted by Gasteiger charge is 2.25. The molecule has 0 aliphatic rings. The van der Waals surface area contributed by atoms with Crippen molar-refractivity contribution < 1.29 is 8.42 Å². The number of sulfonamides is 1. The Bertz CT molecular complexity index is 519. The molecule has 1 aromatic heterocycles. The van der Waals surface area contributed by atoms with Crippen molar-refractivity contribution >= 4 is 21.4 Å². The monoisotopic (exact) mass is 318 g/mol. The Kier molecular flexibility index (Phi) is 6.19. The second kappa shape index (κ2) is 7.02.